The highest BCUT2D eigenvalue weighted by Crippen LogP contribution is 2.25. The zero-order valence-electron chi connectivity index (χ0n) is 9.26. The monoisotopic (exact) mass is 247 g/mol. The van der Waals surface area contributed by atoms with E-state index >= 15 is 0 Å². The molecule has 0 radical (unpaired) electrons. The highest BCUT2D eigenvalue weighted by molar-refractivity contribution is 5.46. The molecule has 0 amide bonds. The normalized spacial score (nSPS) is 15.5. The minimum atomic E-state index is -4.29. The van der Waals surface area contributed by atoms with E-state index in [1.54, 1.807) is 7.05 Å². The summed E-state index contributed by atoms with van der Waals surface area (Å²) in [5.74, 6) is 0.233. The van der Waals surface area contributed by atoms with E-state index in [0.29, 0.717) is 31.1 Å². The molecule has 0 spiro atoms. The van der Waals surface area contributed by atoms with E-state index < -0.39 is 12.6 Å². The summed E-state index contributed by atoms with van der Waals surface area (Å²) >= 11 is 0. The highest BCUT2D eigenvalue weighted by atomic mass is 19.4. The summed E-state index contributed by atoms with van der Waals surface area (Å²) in [4.78, 5) is 7.82. The van der Waals surface area contributed by atoms with E-state index in [0.717, 1.165) is 5.56 Å². The van der Waals surface area contributed by atoms with Crippen LogP contribution in [0.3, 0.4) is 0 Å². The standard InChI is InChI=1S/C10H12F3N3O/c1-14-9-6-5-17-3-2-7(6)15-8(16-9)4-10(11,12)13/h2-5H2,1H3,(H,14,15,16). The molecule has 0 aliphatic carbocycles. The number of nitrogens with zero attached hydrogens (tertiary/aromatic N) is 2. The van der Waals surface area contributed by atoms with E-state index in [1.807, 2.05) is 0 Å². The van der Waals surface area contributed by atoms with Gasteiger partial charge in [0.2, 0.25) is 0 Å². The van der Waals surface area contributed by atoms with Crippen molar-refractivity contribution in [2.75, 3.05) is 19.0 Å². The van der Waals surface area contributed by atoms with Gasteiger partial charge in [-0.2, -0.15) is 13.2 Å². The molecule has 1 aliphatic heterocycles. The third-order valence-corrected chi connectivity index (χ3v) is 2.46. The summed E-state index contributed by atoms with van der Waals surface area (Å²) in [6.45, 7) is 0.830. The van der Waals surface area contributed by atoms with Crippen LogP contribution in [0.1, 0.15) is 17.1 Å². The van der Waals surface area contributed by atoms with E-state index in [9.17, 15) is 13.2 Å². The number of aromatic nitrogens is 2. The van der Waals surface area contributed by atoms with Crippen LogP contribution < -0.4 is 5.32 Å². The van der Waals surface area contributed by atoms with Gasteiger partial charge in [-0.25, -0.2) is 9.97 Å². The van der Waals surface area contributed by atoms with Crippen LogP contribution in [0.25, 0.3) is 0 Å². The van der Waals surface area contributed by atoms with Crippen LogP contribution in [0.4, 0.5) is 19.0 Å². The number of fused-ring (bicyclic) bond motifs is 1. The summed E-state index contributed by atoms with van der Waals surface area (Å²) < 4.78 is 42.1. The van der Waals surface area contributed by atoms with Crippen molar-refractivity contribution in [2.24, 2.45) is 0 Å². The molecule has 94 valence electrons. The van der Waals surface area contributed by atoms with Gasteiger partial charge in [0, 0.05) is 19.0 Å². The third-order valence-electron chi connectivity index (χ3n) is 2.46. The third kappa shape index (κ3) is 2.85. The lowest BCUT2D eigenvalue weighted by atomic mass is 10.1. The average Bonchev–Trinajstić information content (AvgIpc) is 2.25. The Bertz CT molecular complexity index is 403. The summed E-state index contributed by atoms with van der Waals surface area (Å²) in [5, 5.41) is 2.78. The smallest absolute Gasteiger partial charge is 0.376 e. The minimum absolute atomic E-state index is 0.192. The Morgan fingerprint density at radius 3 is 2.76 bits per heavy atom. The van der Waals surface area contributed by atoms with E-state index in [2.05, 4.69) is 15.3 Å². The minimum Gasteiger partial charge on any atom is -0.376 e. The molecule has 7 heteroatoms. The van der Waals surface area contributed by atoms with Crippen molar-refractivity contribution in [1.82, 2.24) is 9.97 Å². The molecular formula is C10H12F3N3O. The maximum Gasteiger partial charge on any atom is 0.396 e. The van der Waals surface area contributed by atoms with Crippen molar-refractivity contribution in [1.29, 1.82) is 0 Å². The first kappa shape index (κ1) is 12.1. The van der Waals surface area contributed by atoms with Crippen LogP contribution >= 0.6 is 0 Å². The molecule has 0 atom stereocenters. The average molecular weight is 247 g/mol. The molecule has 0 saturated carbocycles. The molecule has 1 aromatic rings. The number of alkyl halides is 3. The SMILES string of the molecule is CNc1nc(CC(F)(F)F)nc2c1COCC2. The number of anilines is 1. The van der Waals surface area contributed by atoms with Crippen molar-refractivity contribution in [3.8, 4) is 0 Å². The van der Waals surface area contributed by atoms with Crippen molar-refractivity contribution >= 4 is 5.82 Å². The maximum atomic E-state index is 12.3. The highest BCUT2D eigenvalue weighted by Gasteiger charge is 2.30. The fraction of sp³-hybridized carbons (Fsp3) is 0.600. The van der Waals surface area contributed by atoms with Crippen LogP contribution in [0, 0.1) is 0 Å². The first-order valence-corrected chi connectivity index (χ1v) is 5.20. The van der Waals surface area contributed by atoms with Gasteiger partial charge in [0.1, 0.15) is 18.1 Å². The number of nitrogens with one attached hydrogen (secondary N) is 1. The lowest BCUT2D eigenvalue weighted by Crippen LogP contribution is -2.20. The molecule has 0 fully saturated rings. The molecule has 0 saturated heterocycles. The summed E-state index contributed by atoms with van der Waals surface area (Å²) in [5.41, 5.74) is 1.40. The molecular weight excluding hydrogens is 235 g/mol. The molecule has 0 unspecified atom stereocenters. The Kier molecular flexibility index (Phi) is 3.19. The molecule has 4 nitrogen and oxygen atoms in total. The van der Waals surface area contributed by atoms with Crippen molar-refractivity contribution in [3.05, 3.63) is 17.1 Å². The van der Waals surface area contributed by atoms with Gasteiger partial charge in [-0.1, -0.05) is 0 Å². The van der Waals surface area contributed by atoms with Gasteiger partial charge in [-0.3, -0.25) is 0 Å². The molecule has 1 N–H and O–H groups in total. The Morgan fingerprint density at radius 2 is 2.12 bits per heavy atom. The molecule has 1 aromatic heterocycles. The molecule has 0 bridgehead atoms. The molecule has 2 rings (SSSR count). The van der Waals surface area contributed by atoms with Crippen LogP contribution in [0.15, 0.2) is 0 Å². The van der Waals surface area contributed by atoms with Crippen LogP contribution in [-0.2, 0) is 24.2 Å². The Hall–Kier alpha value is -1.37. The molecule has 1 aliphatic rings. The zero-order valence-corrected chi connectivity index (χ0v) is 9.26. The summed E-state index contributed by atoms with van der Waals surface area (Å²) in [6, 6.07) is 0. The maximum absolute atomic E-state index is 12.3. The van der Waals surface area contributed by atoms with Crippen molar-refractivity contribution in [3.63, 3.8) is 0 Å². The fourth-order valence-electron chi connectivity index (χ4n) is 1.75. The topological polar surface area (TPSA) is 47.0 Å². The van der Waals surface area contributed by atoms with Gasteiger partial charge < -0.3 is 10.1 Å². The predicted octanol–water partition coefficient (Wildman–Crippen LogP) is 1.70. The number of hydrogen-bond donors (Lipinski definition) is 1. The lowest BCUT2D eigenvalue weighted by molar-refractivity contribution is -0.128. The molecule has 0 aromatic carbocycles. The Labute approximate surface area is 96.2 Å². The molecule has 2 heterocycles. The second-order valence-electron chi connectivity index (χ2n) is 3.76. The van der Waals surface area contributed by atoms with Gasteiger partial charge in [-0.15, -0.1) is 0 Å². The Morgan fingerprint density at radius 1 is 1.35 bits per heavy atom. The van der Waals surface area contributed by atoms with E-state index in [1.165, 1.54) is 0 Å². The van der Waals surface area contributed by atoms with Gasteiger partial charge in [0.25, 0.3) is 0 Å². The summed E-state index contributed by atoms with van der Waals surface area (Å²) in [6.07, 6.45) is -4.86. The predicted molar refractivity (Wildman–Crippen MR) is 54.7 cm³/mol. The number of ether oxygens (including phenoxy) is 1. The van der Waals surface area contributed by atoms with Crippen LogP contribution in [-0.4, -0.2) is 29.8 Å². The van der Waals surface area contributed by atoms with E-state index in [4.69, 9.17) is 4.74 Å². The van der Waals surface area contributed by atoms with E-state index in [-0.39, 0.29) is 5.82 Å². The van der Waals surface area contributed by atoms with Gasteiger partial charge in [-0.05, 0) is 0 Å². The number of halogens is 3. The number of hydrogen-bond acceptors (Lipinski definition) is 4. The van der Waals surface area contributed by atoms with Gasteiger partial charge >= 0.3 is 6.18 Å². The summed E-state index contributed by atoms with van der Waals surface area (Å²) in [7, 11) is 1.62. The van der Waals surface area contributed by atoms with Crippen molar-refractivity contribution < 1.29 is 17.9 Å². The van der Waals surface area contributed by atoms with Crippen LogP contribution in [0.5, 0.6) is 0 Å². The first-order chi connectivity index (χ1) is 7.99. The fourth-order valence-corrected chi connectivity index (χ4v) is 1.75. The lowest BCUT2D eigenvalue weighted by Gasteiger charge is -2.19. The largest absolute Gasteiger partial charge is 0.396 e. The second-order valence-corrected chi connectivity index (χ2v) is 3.76. The zero-order chi connectivity index (χ0) is 12.5. The van der Waals surface area contributed by atoms with Gasteiger partial charge in [0.05, 0.1) is 18.9 Å². The first-order valence-electron chi connectivity index (χ1n) is 5.20. The second kappa shape index (κ2) is 4.48. The Balaban J connectivity index is 2.36. The van der Waals surface area contributed by atoms with Gasteiger partial charge in [0.15, 0.2) is 0 Å². The number of rotatable bonds is 2. The van der Waals surface area contributed by atoms with Crippen LogP contribution in [0.2, 0.25) is 0 Å². The van der Waals surface area contributed by atoms with Crippen molar-refractivity contribution in [2.45, 2.75) is 25.6 Å². The molecule has 17 heavy (non-hydrogen) atoms. The quantitative estimate of drug-likeness (QED) is 0.864.